The highest BCUT2D eigenvalue weighted by molar-refractivity contribution is 5.73. The van der Waals surface area contributed by atoms with Crippen molar-refractivity contribution in [2.24, 2.45) is 0 Å². The molecule has 0 bridgehead atoms. The Bertz CT molecular complexity index is 400. The molecule has 0 radical (unpaired) electrons. The van der Waals surface area contributed by atoms with Crippen LogP contribution in [0.3, 0.4) is 0 Å². The maximum atomic E-state index is 11.3. The van der Waals surface area contributed by atoms with Gasteiger partial charge in [-0.15, -0.1) is 0 Å². The summed E-state index contributed by atoms with van der Waals surface area (Å²) >= 11 is 0. The molecule has 1 N–H and O–H groups in total. The van der Waals surface area contributed by atoms with Gasteiger partial charge in [-0.2, -0.15) is 0 Å². The zero-order chi connectivity index (χ0) is 14.4. The van der Waals surface area contributed by atoms with Crippen LogP contribution in [0.15, 0.2) is 24.3 Å². The lowest BCUT2D eigenvalue weighted by Gasteiger charge is -2.23. The summed E-state index contributed by atoms with van der Waals surface area (Å²) in [6, 6.07) is 7.15. The molecule has 4 nitrogen and oxygen atoms in total. The summed E-state index contributed by atoms with van der Waals surface area (Å²) in [5.74, 6) is 0.0290. The minimum atomic E-state index is -0.785. The number of hydrogen-bond donors (Lipinski definition) is 1. The van der Waals surface area contributed by atoms with E-state index in [0.717, 1.165) is 11.3 Å². The van der Waals surface area contributed by atoms with Gasteiger partial charge in [0.1, 0.15) is 11.8 Å². The Morgan fingerprint density at radius 2 is 1.89 bits per heavy atom. The van der Waals surface area contributed by atoms with E-state index in [1.807, 2.05) is 57.0 Å². The van der Waals surface area contributed by atoms with E-state index in [1.54, 1.807) is 0 Å². The second-order valence-corrected chi connectivity index (χ2v) is 4.94. The molecule has 0 aliphatic carbocycles. The Morgan fingerprint density at radius 3 is 2.32 bits per heavy atom. The Labute approximate surface area is 115 Å². The minimum absolute atomic E-state index is 0.142. The van der Waals surface area contributed by atoms with Crippen LogP contribution < -0.4 is 4.74 Å². The Hall–Kier alpha value is -1.55. The highest BCUT2D eigenvalue weighted by Gasteiger charge is 2.21. The summed E-state index contributed by atoms with van der Waals surface area (Å²) in [6.07, 6.45) is 0.644. The first-order valence-corrected chi connectivity index (χ1v) is 6.62. The Balaban J connectivity index is 2.72. The van der Waals surface area contributed by atoms with Gasteiger partial charge >= 0.3 is 5.97 Å². The molecule has 1 atom stereocenters. The molecular weight excluding hydrogens is 242 g/mol. The fraction of sp³-hybridized carbons (Fsp3) is 0.533. The van der Waals surface area contributed by atoms with Crippen molar-refractivity contribution < 1.29 is 14.6 Å². The lowest BCUT2D eigenvalue weighted by molar-refractivity contribution is -0.142. The lowest BCUT2D eigenvalue weighted by atomic mass is 10.0. The highest BCUT2D eigenvalue weighted by Crippen LogP contribution is 2.16. The molecular formula is C15H23NO3. The molecule has 0 amide bonds. The van der Waals surface area contributed by atoms with Crippen molar-refractivity contribution >= 4 is 5.97 Å². The summed E-state index contributed by atoms with van der Waals surface area (Å²) in [6.45, 7) is 6.62. The molecule has 106 valence electrons. The van der Waals surface area contributed by atoms with Crippen LogP contribution in [0.25, 0.3) is 0 Å². The number of benzene rings is 1. The number of aliphatic carboxylic acids is 1. The van der Waals surface area contributed by atoms with Crippen LogP contribution in [0.4, 0.5) is 0 Å². The predicted octanol–water partition coefficient (Wildman–Crippen LogP) is 2.42. The molecule has 19 heavy (non-hydrogen) atoms. The molecule has 0 saturated carbocycles. The largest absolute Gasteiger partial charge is 0.491 e. The number of hydrogen-bond acceptors (Lipinski definition) is 3. The van der Waals surface area contributed by atoms with Crippen molar-refractivity contribution in [2.75, 3.05) is 13.6 Å². The van der Waals surface area contributed by atoms with Crippen LogP contribution in [0.2, 0.25) is 0 Å². The molecule has 0 fully saturated rings. The van der Waals surface area contributed by atoms with Crippen LogP contribution in [0.1, 0.15) is 26.3 Å². The number of ether oxygens (including phenoxy) is 1. The summed E-state index contributed by atoms with van der Waals surface area (Å²) in [5.41, 5.74) is 1.00. The van der Waals surface area contributed by atoms with Gasteiger partial charge in [0, 0.05) is 0 Å². The third kappa shape index (κ3) is 4.91. The number of likely N-dealkylation sites (N-methyl/N-ethyl adjacent to an activating group) is 1. The second kappa shape index (κ2) is 7.14. The molecule has 0 aromatic heterocycles. The third-order valence-electron chi connectivity index (χ3n) is 3.04. The van der Waals surface area contributed by atoms with Crippen molar-refractivity contribution in [3.8, 4) is 5.75 Å². The van der Waals surface area contributed by atoms with E-state index >= 15 is 0 Å². The number of carbonyl (C=O) groups is 1. The zero-order valence-corrected chi connectivity index (χ0v) is 12.1. The van der Waals surface area contributed by atoms with Gasteiger partial charge in [-0.1, -0.05) is 19.1 Å². The molecule has 0 aliphatic rings. The van der Waals surface area contributed by atoms with Crippen LogP contribution >= 0.6 is 0 Å². The van der Waals surface area contributed by atoms with Gasteiger partial charge in [0.25, 0.3) is 0 Å². The van der Waals surface area contributed by atoms with Crippen LogP contribution in [0, 0.1) is 0 Å². The minimum Gasteiger partial charge on any atom is -0.491 e. The average Bonchev–Trinajstić information content (AvgIpc) is 2.36. The topological polar surface area (TPSA) is 49.8 Å². The monoisotopic (exact) mass is 265 g/mol. The molecule has 0 heterocycles. The quantitative estimate of drug-likeness (QED) is 0.822. The first-order valence-electron chi connectivity index (χ1n) is 6.62. The van der Waals surface area contributed by atoms with Crippen molar-refractivity contribution in [1.29, 1.82) is 0 Å². The summed E-state index contributed by atoms with van der Waals surface area (Å²) in [7, 11) is 1.83. The van der Waals surface area contributed by atoms with Crippen molar-refractivity contribution in [2.45, 2.75) is 39.3 Å². The normalized spacial score (nSPS) is 12.7. The maximum Gasteiger partial charge on any atom is 0.321 e. The van der Waals surface area contributed by atoms with Gasteiger partial charge < -0.3 is 9.84 Å². The lowest BCUT2D eigenvalue weighted by Crippen LogP contribution is -2.39. The van der Waals surface area contributed by atoms with E-state index in [4.69, 9.17) is 4.74 Å². The Morgan fingerprint density at radius 1 is 1.32 bits per heavy atom. The number of rotatable bonds is 7. The molecule has 1 rings (SSSR count). The Kier molecular flexibility index (Phi) is 5.83. The van der Waals surface area contributed by atoms with Crippen molar-refractivity contribution in [3.63, 3.8) is 0 Å². The predicted molar refractivity (Wildman–Crippen MR) is 75.6 cm³/mol. The smallest absolute Gasteiger partial charge is 0.321 e. The maximum absolute atomic E-state index is 11.3. The van der Waals surface area contributed by atoms with E-state index < -0.39 is 12.0 Å². The van der Waals surface area contributed by atoms with Crippen LogP contribution in [-0.4, -0.2) is 41.7 Å². The van der Waals surface area contributed by atoms with E-state index in [-0.39, 0.29) is 6.10 Å². The average molecular weight is 265 g/mol. The highest BCUT2D eigenvalue weighted by atomic mass is 16.5. The number of nitrogens with zero attached hydrogens (tertiary/aromatic N) is 1. The van der Waals surface area contributed by atoms with Crippen molar-refractivity contribution in [3.05, 3.63) is 29.8 Å². The van der Waals surface area contributed by atoms with Gasteiger partial charge in [-0.25, -0.2) is 0 Å². The molecule has 0 unspecified atom stereocenters. The number of carboxylic acids is 1. The van der Waals surface area contributed by atoms with E-state index in [9.17, 15) is 9.90 Å². The molecule has 0 saturated heterocycles. The molecule has 1 aromatic rings. The summed E-state index contributed by atoms with van der Waals surface area (Å²) < 4.78 is 5.56. The standard InChI is InChI=1S/C15H23NO3/c1-5-16(4)14(15(17)18)10-12-6-8-13(9-7-12)19-11(2)3/h6-9,11,14H,5,10H2,1-4H3,(H,17,18)/t14-/m0/s1. The van der Waals surface area contributed by atoms with E-state index in [0.29, 0.717) is 13.0 Å². The van der Waals surface area contributed by atoms with E-state index in [2.05, 4.69) is 0 Å². The molecule has 4 heteroatoms. The fourth-order valence-corrected chi connectivity index (χ4v) is 1.85. The van der Waals surface area contributed by atoms with E-state index in [1.165, 1.54) is 0 Å². The SMILES string of the molecule is CCN(C)[C@@H](Cc1ccc(OC(C)C)cc1)C(=O)O. The van der Waals surface area contributed by atoms with Gasteiger partial charge in [0.2, 0.25) is 0 Å². The van der Waals surface area contributed by atoms with Crippen LogP contribution in [-0.2, 0) is 11.2 Å². The van der Waals surface area contributed by atoms with Gasteiger partial charge in [0.15, 0.2) is 0 Å². The summed E-state index contributed by atoms with van der Waals surface area (Å²) in [5, 5.41) is 9.24. The first-order chi connectivity index (χ1) is 8.93. The zero-order valence-electron chi connectivity index (χ0n) is 12.1. The molecule has 1 aromatic carbocycles. The van der Waals surface area contributed by atoms with Gasteiger partial charge in [0.05, 0.1) is 6.10 Å². The number of carboxylic acid groups (broad SMARTS) is 1. The molecule has 0 aliphatic heterocycles. The van der Waals surface area contributed by atoms with Crippen LogP contribution in [0.5, 0.6) is 5.75 Å². The van der Waals surface area contributed by atoms with Gasteiger partial charge in [-0.05, 0) is 51.6 Å². The first kappa shape index (κ1) is 15.5. The summed E-state index contributed by atoms with van der Waals surface area (Å²) in [4.78, 5) is 13.1. The second-order valence-electron chi connectivity index (χ2n) is 4.94. The van der Waals surface area contributed by atoms with Gasteiger partial charge in [-0.3, -0.25) is 9.69 Å². The fourth-order valence-electron chi connectivity index (χ4n) is 1.85. The molecule has 0 spiro atoms. The van der Waals surface area contributed by atoms with Crippen molar-refractivity contribution in [1.82, 2.24) is 4.90 Å². The third-order valence-corrected chi connectivity index (χ3v) is 3.04.